The van der Waals surface area contributed by atoms with Gasteiger partial charge >= 0.3 is 23.9 Å². The highest BCUT2D eigenvalue weighted by atomic mass is 33.1. The molecule has 49 nitrogen and oxygen atoms in total. The second kappa shape index (κ2) is 56.1. The fourth-order valence-corrected chi connectivity index (χ4v) is 19.6. The number of para-hydroxylation sites is 2. The molecule has 0 radical (unpaired) electrons. The quantitative estimate of drug-likeness (QED) is 0.0127. The van der Waals surface area contributed by atoms with Crippen LogP contribution in [0.25, 0.3) is 32.6 Å². The fourth-order valence-electron chi connectivity index (χ4n) is 17.3. The number of aromatic amines is 3. The van der Waals surface area contributed by atoms with E-state index in [-0.39, 0.29) is 136 Å². The van der Waals surface area contributed by atoms with Gasteiger partial charge in [-0.25, -0.2) is 4.98 Å². The number of amides is 16. The number of nitrogens with two attached hydrogens (primary N) is 3. The number of primary amides is 3. The summed E-state index contributed by atoms with van der Waals surface area (Å²) in [5.41, 5.74) is 20.1. The first kappa shape index (κ1) is 114. The monoisotopic (exact) mass is 2080 g/mol. The molecular weight excluding hydrogens is 1950 g/mol. The molecule has 794 valence electrons. The van der Waals surface area contributed by atoms with Crippen molar-refractivity contribution in [3.8, 4) is 0 Å². The van der Waals surface area contributed by atoms with Crippen molar-refractivity contribution < 1.29 is 121 Å². The zero-order valence-electron chi connectivity index (χ0n) is 81.4. The highest BCUT2D eigenvalue weighted by Gasteiger charge is 2.43. The summed E-state index contributed by atoms with van der Waals surface area (Å²) in [7, 11) is 1.38. The minimum atomic E-state index is -2.14. The van der Waals surface area contributed by atoms with Crippen molar-refractivity contribution in [2.45, 2.75) is 189 Å². The number of unbranched alkanes of at least 4 members (excludes halogenated alkanes) is 2. The van der Waals surface area contributed by atoms with Gasteiger partial charge in [-0.05, 0) is 78.1 Å². The van der Waals surface area contributed by atoms with Gasteiger partial charge in [-0.3, -0.25) is 115 Å². The summed E-state index contributed by atoms with van der Waals surface area (Å²) in [5, 5.41) is 84.4. The second-order valence-corrected chi connectivity index (χ2v) is 39.1. The van der Waals surface area contributed by atoms with Gasteiger partial charge in [0.15, 0.2) is 0 Å². The summed E-state index contributed by atoms with van der Waals surface area (Å²) >= 11 is 0. The van der Waals surface area contributed by atoms with Crippen LogP contribution in [-0.2, 0) is 122 Å². The van der Waals surface area contributed by atoms with Crippen molar-refractivity contribution in [2.24, 2.45) is 23.1 Å². The first-order valence-electron chi connectivity index (χ1n) is 48.2. The van der Waals surface area contributed by atoms with E-state index in [1.165, 1.54) is 30.5 Å². The van der Waals surface area contributed by atoms with Crippen LogP contribution in [0.3, 0.4) is 0 Å². The van der Waals surface area contributed by atoms with Gasteiger partial charge in [0.2, 0.25) is 94.5 Å². The highest BCUT2D eigenvalue weighted by Crippen LogP contribution is 2.28. The van der Waals surface area contributed by atoms with Crippen LogP contribution in [0.15, 0.2) is 116 Å². The van der Waals surface area contributed by atoms with Crippen LogP contribution in [0.1, 0.15) is 107 Å². The number of fused-ring (bicyclic) bond motifs is 3. The number of aliphatic hydroxyl groups excluding tert-OH is 1. The maximum atomic E-state index is 15.5. The molecule has 1 unspecified atom stereocenters. The van der Waals surface area contributed by atoms with E-state index in [9.17, 15) is 83.1 Å². The summed E-state index contributed by atoms with van der Waals surface area (Å²) in [6.45, 7) is 4.70. The van der Waals surface area contributed by atoms with Crippen molar-refractivity contribution in [2.75, 3.05) is 103 Å². The maximum Gasteiger partial charge on any atom is 0.317 e. The van der Waals surface area contributed by atoms with Crippen LogP contribution < -0.4 is 81.0 Å². The summed E-state index contributed by atoms with van der Waals surface area (Å²) in [5.74, 6) is -24.6. The van der Waals surface area contributed by atoms with E-state index in [1.54, 1.807) is 112 Å². The van der Waals surface area contributed by atoms with Crippen LogP contribution in [0.2, 0.25) is 0 Å². The number of nitrogens with one attached hydrogen (secondary N) is 15. The van der Waals surface area contributed by atoms with Crippen LogP contribution in [0.5, 0.6) is 0 Å². The summed E-state index contributed by atoms with van der Waals surface area (Å²) in [4.78, 5) is 303. The zero-order chi connectivity index (χ0) is 107. The molecule has 3 aliphatic rings. The van der Waals surface area contributed by atoms with Gasteiger partial charge in [-0.15, -0.1) is 0 Å². The zero-order valence-corrected chi connectivity index (χ0v) is 83.0. The first-order chi connectivity index (χ1) is 70.1. The van der Waals surface area contributed by atoms with Crippen molar-refractivity contribution in [1.29, 1.82) is 0 Å². The Morgan fingerprint density at radius 2 is 1.00 bits per heavy atom. The number of H-pyrrole nitrogens is 3. The minimum Gasteiger partial charge on any atom is -0.481 e. The molecule has 147 heavy (non-hydrogen) atoms. The molecule has 4 aromatic carbocycles. The number of imidazole rings is 1. The molecule has 3 aromatic heterocycles. The van der Waals surface area contributed by atoms with Gasteiger partial charge in [0.1, 0.15) is 72.5 Å². The molecule has 3 saturated heterocycles. The molecule has 0 bridgehead atoms. The molecule has 14 atom stereocenters. The normalized spacial score (nSPS) is 20.7. The topological polar surface area (TPSA) is 741 Å². The number of carbonyl (C=O) groups excluding carboxylic acids is 16. The Kier molecular flexibility index (Phi) is 43.6. The van der Waals surface area contributed by atoms with E-state index in [4.69, 9.17) is 17.2 Å². The molecular formula is C96H128N24O25S2. The predicted octanol–water partition coefficient (Wildman–Crippen LogP) is -4.20. The predicted molar refractivity (Wildman–Crippen MR) is 535 cm³/mol. The lowest BCUT2D eigenvalue weighted by molar-refractivity contribution is -0.142. The Morgan fingerprint density at radius 1 is 0.490 bits per heavy atom. The van der Waals surface area contributed by atoms with Gasteiger partial charge in [0.25, 0.3) is 0 Å². The number of carboxylic acid groups (broad SMARTS) is 4. The Hall–Kier alpha value is -14.7. The lowest BCUT2D eigenvalue weighted by Crippen LogP contribution is -2.63. The Bertz CT molecular complexity index is 5840. The van der Waals surface area contributed by atoms with Gasteiger partial charge in [0.05, 0.1) is 57.9 Å². The van der Waals surface area contributed by atoms with Crippen molar-refractivity contribution in [3.05, 3.63) is 138 Å². The summed E-state index contributed by atoms with van der Waals surface area (Å²) in [6.07, 6.45) is 0.534. The molecule has 6 heterocycles. The number of hydrogen-bond donors (Lipinski definition) is 23. The first-order valence-corrected chi connectivity index (χ1v) is 50.6. The van der Waals surface area contributed by atoms with Crippen molar-refractivity contribution >= 4 is 173 Å². The van der Waals surface area contributed by atoms with E-state index in [0.717, 1.165) is 17.7 Å². The standard InChI is InChI=1S/C96H128N24O25S2/c1-4-53(2)83(114-95(144)84(54(3)121)115-91(140)65(37-58-43-102-63-19-11-9-17-61(58)63)105-77(124)22-6-5-13-25-101-78(125)46-116-27-29-117(47-80(128)129)31-33-119(49-82(132)133)34-32-118(30-28-116)48-81(130)131)94(143)113-73-51-147-146-50-72(93(142)111-71(96(145)120-26-14-21-74(120)85(99)134)36-55-23-24-56-15-7-8-16-57(56)35-55)112-90(139)70(42-79(126)127)110-87(136)67(39-60-45-100-52-104-60)107-86(135)66(38-59-44-103-64-20-12-10-18-62(59)64)106-88(137)68(40-75(97)122)108-89(138)69(41-76(98)123)109-92(73)141/h7-12,15-20,23-24,35,43-45,52-54,65-74,83-84,102-103,121H,4-6,13-14,21-22,25-34,36-42,46-51H2,1-3H3,(H2,97,122)(H2,98,123)(H2,99,134)(H,100,104)(H,101,125)(H,105,124)(H,106,137)(H,107,135)(H,108,138)(H,109,141)(H,110,136)(H,111,142)(H,112,139)(H,113,143)(H,114,144)(H,115,140)(H,126,127)(H,128,129)(H,130,131)(H,132,133)/t53-,54+,65-,66-,67-,68-,69-,70-,71-,72-,73-,74-,83?,84-/m0/s1. The number of likely N-dealkylation sites (tertiary alicyclic amines) is 1. The molecule has 0 saturated carbocycles. The molecule has 0 aliphatic carbocycles. The van der Waals surface area contributed by atoms with Gasteiger partial charge < -0.3 is 126 Å². The smallest absolute Gasteiger partial charge is 0.317 e. The number of aliphatic carboxylic acids is 4. The number of aromatic nitrogens is 4. The second-order valence-electron chi connectivity index (χ2n) is 36.5. The van der Waals surface area contributed by atoms with Gasteiger partial charge in [0, 0.05) is 155 Å². The van der Waals surface area contributed by atoms with Crippen LogP contribution in [-0.4, -0.2) is 370 Å². The molecule has 7 aromatic rings. The van der Waals surface area contributed by atoms with E-state index in [1.807, 2.05) is 12.1 Å². The molecule has 3 aliphatic heterocycles. The largest absolute Gasteiger partial charge is 0.481 e. The third kappa shape index (κ3) is 35.6. The molecule has 16 amide bonds. The van der Waals surface area contributed by atoms with E-state index in [2.05, 4.69) is 83.7 Å². The Balaban J connectivity index is 0.918. The lowest BCUT2D eigenvalue weighted by Gasteiger charge is -2.32. The van der Waals surface area contributed by atoms with E-state index < -0.39 is 247 Å². The molecule has 3 fully saturated rings. The van der Waals surface area contributed by atoms with E-state index >= 15 is 38.4 Å². The highest BCUT2D eigenvalue weighted by molar-refractivity contribution is 8.76. The molecule has 10 rings (SSSR count). The van der Waals surface area contributed by atoms with Gasteiger partial charge in [-0.1, -0.05) is 127 Å². The van der Waals surface area contributed by atoms with Crippen LogP contribution in [0, 0.1) is 5.92 Å². The third-order valence-corrected chi connectivity index (χ3v) is 27.8. The summed E-state index contributed by atoms with van der Waals surface area (Å²) in [6, 6.07) is 4.57. The van der Waals surface area contributed by atoms with E-state index in [0.29, 0.717) is 79.3 Å². The number of carboxylic acids is 4. The minimum absolute atomic E-state index is 0.0238. The molecule has 26 N–H and O–H groups in total. The Morgan fingerprint density at radius 3 is 1.55 bits per heavy atom. The SMILES string of the molecule is CC[C@H](C)C(NC(=O)[C@@H](NC(=O)[C@H](Cc1c[nH]c2ccccc12)NC(=O)CCCCCNC(=O)CN1CCN(CC(=O)O)CCN(CC(=O)O)CCN(CC(=O)O)CC1)[C@@H](C)O)C(=O)N[C@H]1CSSC[C@@H](C(=O)N[C@@H](Cc2ccc3ccccc3c2)C(=O)N2CCC[C@H]2C(N)=O)NC(=O)[C@H](CC(=O)O)NC(=O)[C@H](Cc2cnc[nH]2)NC(=O)[C@H](Cc2c[nH]c3ccccc23)NC(=O)[C@H](CC(N)=O)NC(=O)[C@H](CC(N)=O)NC1=O. The number of aliphatic hydroxyl groups is 1. The number of hydrogen-bond acceptors (Lipinski definition) is 28. The van der Waals surface area contributed by atoms with Crippen LogP contribution in [0.4, 0.5) is 0 Å². The molecule has 51 heteroatoms. The average Bonchev–Trinajstić information content (AvgIpc) is 1.59. The fraction of sp³-hybridized carbons (Fsp3) is 0.490. The third-order valence-electron chi connectivity index (χ3n) is 25.4. The lowest BCUT2D eigenvalue weighted by atomic mass is 9.97. The number of nitrogens with zero attached hydrogens (tertiary/aromatic N) is 6. The maximum absolute atomic E-state index is 15.5. The van der Waals surface area contributed by atoms with Crippen molar-refractivity contribution in [1.82, 2.24) is 108 Å². The Labute approximate surface area is 851 Å². The average molecular weight is 2080 g/mol. The number of benzene rings is 4. The number of rotatable bonds is 42. The number of carbonyl (C=O) groups is 20. The van der Waals surface area contributed by atoms with Crippen LogP contribution >= 0.6 is 21.6 Å². The molecule has 0 spiro atoms. The van der Waals surface area contributed by atoms with Gasteiger partial charge in [-0.2, -0.15) is 0 Å². The summed E-state index contributed by atoms with van der Waals surface area (Å²) < 4.78 is 0. The van der Waals surface area contributed by atoms with Crippen molar-refractivity contribution in [3.63, 3.8) is 0 Å².